The number of ether oxygens (including phenoxy) is 2. The number of halogens is 7. The van der Waals surface area contributed by atoms with E-state index in [9.17, 15) is 30.7 Å². The number of alkyl halides is 6. The number of likely N-dealkylation sites (tertiary alicyclic amines) is 1. The van der Waals surface area contributed by atoms with Gasteiger partial charge in [0.2, 0.25) is 0 Å². The van der Waals surface area contributed by atoms with Crippen LogP contribution >= 0.6 is 11.8 Å². The Kier molecular flexibility index (Phi) is 10.8. The third-order valence-corrected chi connectivity index (χ3v) is 7.12. The number of carboxylic acids is 2. The van der Waals surface area contributed by atoms with E-state index in [1.54, 1.807) is 12.3 Å². The molecular formula is C21H25F7N2O6S. The molecule has 4 heterocycles. The van der Waals surface area contributed by atoms with Crippen LogP contribution in [0.15, 0.2) is 18.3 Å². The zero-order valence-corrected chi connectivity index (χ0v) is 20.0. The van der Waals surface area contributed by atoms with E-state index in [0.717, 1.165) is 44.4 Å². The molecule has 2 N–H and O–H groups in total. The number of pyridine rings is 1. The lowest BCUT2D eigenvalue weighted by Crippen LogP contribution is -2.60. The van der Waals surface area contributed by atoms with Crippen LogP contribution in [-0.4, -0.2) is 93.8 Å². The van der Waals surface area contributed by atoms with Gasteiger partial charge in [0.15, 0.2) is 5.82 Å². The fourth-order valence-corrected chi connectivity index (χ4v) is 5.48. The summed E-state index contributed by atoms with van der Waals surface area (Å²) in [6.45, 7) is 5.32. The van der Waals surface area contributed by atoms with E-state index in [-0.39, 0.29) is 17.8 Å². The first-order chi connectivity index (χ1) is 17.1. The molecule has 1 unspecified atom stereocenters. The summed E-state index contributed by atoms with van der Waals surface area (Å²) in [6.07, 6.45) is -5.12. The molecule has 0 saturated carbocycles. The Bertz CT molecular complexity index is 882. The summed E-state index contributed by atoms with van der Waals surface area (Å²) in [6, 6.07) is 2.99. The summed E-state index contributed by atoms with van der Waals surface area (Å²) in [5.41, 5.74) is 0. The molecule has 3 aliphatic heterocycles. The van der Waals surface area contributed by atoms with Crippen LogP contribution in [-0.2, 0) is 14.3 Å². The van der Waals surface area contributed by atoms with Gasteiger partial charge >= 0.3 is 24.3 Å². The Hall–Kier alpha value is -2.33. The predicted molar refractivity (Wildman–Crippen MR) is 116 cm³/mol. The number of hydrogen-bond donors (Lipinski definition) is 2. The third-order valence-electron chi connectivity index (χ3n) is 5.54. The molecule has 16 heteroatoms. The van der Waals surface area contributed by atoms with E-state index in [4.69, 9.17) is 29.3 Å². The molecule has 1 aromatic rings. The highest BCUT2D eigenvalue weighted by atomic mass is 32.2. The number of aliphatic carboxylic acids is 2. The molecule has 3 saturated heterocycles. The number of nitrogens with zero attached hydrogens (tertiary/aromatic N) is 2. The monoisotopic (exact) mass is 566 g/mol. The van der Waals surface area contributed by atoms with Crippen LogP contribution in [0.5, 0.6) is 5.88 Å². The molecule has 1 aromatic heterocycles. The van der Waals surface area contributed by atoms with Gasteiger partial charge in [0, 0.05) is 56.0 Å². The van der Waals surface area contributed by atoms with Gasteiger partial charge in [-0.05, 0) is 30.9 Å². The van der Waals surface area contributed by atoms with Crippen LogP contribution in [0.1, 0.15) is 19.3 Å². The van der Waals surface area contributed by atoms with Gasteiger partial charge in [-0.3, -0.25) is 0 Å². The predicted octanol–water partition coefficient (Wildman–Crippen LogP) is 3.85. The maximum atomic E-state index is 13.6. The highest BCUT2D eigenvalue weighted by Gasteiger charge is 2.50. The van der Waals surface area contributed by atoms with E-state index in [1.807, 2.05) is 11.8 Å². The minimum atomic E-state index is -5.08. The van der Waals surface area contributed by atoms with Crippen molar-refractivity contribution in [2.45, 2.75) is 42.5 Å². The fraction of sp³-hybridized carbons (Fsp3) is 0.667. The van der Waals surface area contributed by atoms with Crippen LogP contribution in [0.3, 0.4) is 0 Å². The van der Waals surface area contributed by atoms with Gasteiger partial charge in [-0.25, -0.2) is 19.0 Å². The molecule has 0 aromatic carbocycles. The third kappa shape index (κ3) is 10.2. The van der Waals surface area contributed by atoms with Crippen molar-refractivity contribution >= 4 is 23.7 Å². The zero-order valence-electron chi connectivity index (χ0n) is 19.2. The zero-order chi connectivity index (χ0) is 27.9. The van der Waals surface area contributed by atoms with Crippen molar-refractivity contribution in [2.24, 2.45) is 5.92 Å². The molecular weight excluding hydrogens is 541 g/mol. The highest BCUT2D eigenvalue weighted by molar-refractivity contribution is 8.01. The Morgan fingerprint density at radius 1 is 1.11 bits per heavy atom. The molecule has 1 spiro atoms. The van der Waals surface area contributed by atoms with Gasteiger partial charge < -0.3 is 24.6 Å². The summed E-state index contributed by atoms with van der Waals surface area (Å²) in [5.74, 6) is -4.01. The Morgan fingerprint density at radius 2 is 1.65 bits per heavy atom. The van der Waals surface area contributed by atoms with Gasteiger partial charge in [-0.1, -0.05) is 0 Å². The van der Waals surface area contributed by atoms with Gasteiger partial charge in [0.1, 0.15) is 6.10 Å². The Morgan fingerprint density at radius 3 is 2.14 bits per heavy atom. The molecule has 0 bridgehead atoms. The normalized spacial score (nSPS) is 21.6. The van der Waals surface area contributed by atoms with E-state index >= 15 is 0 Å². The number of hydrogen-bond acceptors (Lipinski definition) is 7. The van der Waals surface area contributed by atoms with E-state index in [1.165, 1.54) is 25.5 Å². The second-order valence-corrected chi connectivity index (χ2v) is 10.0. The van der Waals surface area contributed by atoms with E-state index in [0.29, 0.717) is 4.75 Å². The second kappa shape index (κ2) is 13.0. The largest absolute Gasteiger partial charge is 0.490 e. The topological polar surface area (TPSA) is 109 Å². The molecule has 0 aliphatic carbocycles. The Balaban J connectivity index is 0.000000286. The maximum Gasteiger partial charge on any atom is 0.490 e. The molecule has 0 amide bonds. The minimum Gasteiger partial charge on any atom is -0.475 e. The summed E-state index contributed by atoms with van der Waals surface area (Å²) in [4.78, 5) is 24.4. The summed E-state index contributed by atoms with van der Waals surface area (Å²) in [7, 11) is 0. The van der Waals surface area contributed by atoms with Gasteiger partial charge in [-0.15, -0.1) is 11.8 Å². The lowest BCUT2D eigenvalue weighted by atomic mass is 9.90. The van der Waals surface area contributed by atoms with E-state index in [2.05, 4.69) is 9.88 Å². The van der Waals surface area contributed by atoms with Crippen LogP contribution in [0.4, 0.5) is 30.7 Å². The van der Waals surface area contributed by atoms with Gasteiger partial charge in [-0.2, -0.15) is 26.3 Å². The summed E-state index contributed by atoms with van der Waals surface area (Å²) < 4.78 is 88.6. The average molecular weight is 566 g/mol. The quantitative estimate of drug-likeness (QED) is 0.526. The van der Waals surface area contributed by atoms with Crippen molar-refractivity contribution in [2.75, 3.05) is 38.6 Å². The highest BCUT2D eigenvalue weighted by Crippen LogP contribution is 2.46. The molecule has 37 heavy (non-hydrogen) atoms. The molecule has 3 fully saturated rings. The van der Waals surface area contributed by atoms with Crippen molar-refractivity contribution < 1.29 is 60.0 Å². The minimum absolute atomic E-state index is 0.0784. The number of carboxylic acid groups (broad SMARTS) is 2. The smallest absolute Gasteiger partial charge is 0.475 e. The Labute approximate surface area is 211 Å². The summed E-state index contributed by atoms with van der Waals surface area (Å²) in [5, 5.41) is 14.2. The molecule has 4 rings (SSSR count). The van der Waals surface area contributed by atoms with Crippen LogP contribution in [0.25, 0.3) is 0 Å². The van der Waals surface area contributed by atoms with Gasteiger partial charge in [0.25, 0.3) is 5.88 Å². The first kappa shape index (κ1) is 30.9. The van der Waals surface area contributed by atoms with Crippen molar-refractivity contribution in [3.8, 4) is 5.88 Å². The standard InChI is InChI=1S/C17H23FN2O2S.2C2HF3O2/c18-15-2-1-5-19-16(15)22-14-8-17(23-10-14)11-20(12-17)9-13-3-6-21-7-4-13;2*3-2(4,5)1(6)7/h1-2,5,13-14H,3-4,6-12H2;2*(H,6,7). The van der Waals surface area contributed by atoms with Crippen molar-refractivity contribution in [1.29, 1.82) is 0 Å². The fourth-order valence-electron chi connectivity index (χ4n) is 3.91. The number of aromatic nitrogens is 1. The van der Waals surface area contributed by atoms with Crippen molar-refractivity contribution in [3.05, 3.63) is 24.1 Å². The number of thioether (sulfide) groups is 1. The number of carbonyl (C=O) groups is 2. The van der Waals surface area contributed by atoms with Crippen molar-refractivity contribution in [3.63, 3.8) is 0 Å². The molecule has 0 radical (unpaired) electrons. The summed E-state index contributed by atoms with van der Waals surface area (Å²) >= 11 is 1.99. The molecule has 1 atom stereocenters. The molecule has 3 aliphatic rings. The molecule has 210 valence electrons. The lowest BCUT2D eigenvalue weighted by molar-refractivity contribution is -0.193. The number of rotatable bonds is 4. The van der Waals surface area contributed by atoms with Gasteiger partial charge in [0.05, 0.1) is 0 Å². The maximum absolute atomic E-state index is 13.6. The first-order valence-electron chi connectivity index (χ1n) is 10.9. The first-order valence-corrected chi connectivity index (χ1v) is 11.9. The average Bonchev–Trinajstić information content (AvgIpc) is 3.19. The SMILES string of the molecule is Fc1cccnc1OC1CSC2(C1)CN(CC1CCOCC1)C2.O=C(O)C(F)(F)F.O=C(O)C(F)(F)F. The second-order valence-electron chi connectivity index (χ2n) is 8.56. The lowest BCUT2D eigenvalue weighted by Gasteiger charge is -2.49. The van der Waals surface area contributed by atoms with Crippen molar-refractivity contribution in [1.82, 2.24) is 9.88 Å². The van der Waals surface area contributed by atoms with E-state index < -0.39 is 24.3 Å². The van der Waals surface area contributed by atoms with Crippen LogP contribution in [0.2, 0.25) is 0 Å². The molecule has 8 nitrogen and oxygen atoms in total. The van der Waals surface area contributed by atoms with Crippen LogP contribution < -0.4 is 4.74 Å². The van der Waals surface area contributed by atoms with Crippen LogP contribution in [0, 0.1) is 11.7 Å².